The number of hydrogen-bond acceptors (Lipinski definition) is 3. The molecule has 0 amide bonds. The van der Waals surface area contributed by atoms with E-state index in [1.807, 2.05) is 19.9 Å². The monoisotopic (exact) mass is 278 g/mol. The Labute approximate surface area is 120 Å². The molecule has 0 atom stereocenters. The Kier molecular flexibility index (Phi) is 6.47. The van der Waals surface area contributed by atoms with Crippen LogP contribution in [0.1, 0.15) is 38.7 Å². The fourth-order valence-electron chi connectivity index (χ4n) is 1.93. The van der Waals surface area contributed by atoms with E-state index in [-0.39, 0.29) is 11.2 Å². The summed E-state index contributed by atoms with van der Waals surface area (Å²) in [6.07, 6.45) is 3.26. The lowest BCUT2D eigenvalue weighted by molar-refractivity contribution is 0.293. The zero-order chi connectivity index (χ0) is 15.0. The summed E-state index contributed by atoms with van der Waals surface area (Å²) in [5, 5.41) is 8.91. The van der Waals surface area contributed by atoms with Crippen LogP contribution in [-0.2, 0) is 6.42 Å². The third kappa shape index (κ3) is 6.03. The second-order valence-corrected chi connectivity index (χ2v) is 5.64. The van der Waals surface area contributed by atoms with Crippen molar-refractivity contribution >= 4 is 0 Å². The van der Waals surface area contributed by atoms with Crippen LogP contribution in [-0.4, -0.2) is 13.2 Å². The van der Waals surface area contributed by atoms with E-state index in [9.17, 15) is 4.39 Å². The van der Waals surface area contributed by atoms with Gasteiger partial charge in [0.15, 0.2) is 0 Å². The second kappa shape index (κ2) is 7.86. The highest BCUT2D eigenvalue weighted by Gasteiger charge is 2.15. The summed E-state index contributed by atoms with van der Waals surface area (Å²) in [6.45, 7) is 4.89. The van der Waals surface area contributed by atoms with Gasteiger partial charge in [0.25, 0.3) is 0 Å². The summed E-state index contributed by atoms with van der Waals surface area (Å²) >= 11 is 0. The predicted molar refractivity (Wildman–Crippen MR) is 77.9 cm³/mol. The molecule has 2 N–H and O–H groups in total. The van der Waals surface area contributed by atoms with Crippen molar-refractivity contribution in [2.75, 3.05) is 13.2 Å². The van der Waals surface area contributed by atoms with Gasteiger partial charge in [-0.2, -0.15) is 5.26 Å². The molecule has 20 heavy (non-hydrogen) atoms. The summed E-state index contributed by atoms with van der Waals surface area (Å²) in [7, 11) is 0. The van der Waals surface area contributed by atoms with Gasteiger partial charge in [0.1, 0.15) is 11.6 Å². The van der Waals surface area contributed by atoms with E-state index >= 15 is 0 Å². The van der Waals surface area contributed by atoms with Crippen molar-refractivity contribution in [2.24, 2.45) is 11.1 Å². The molecule has 0 aliphatic rings. The first-order chi connectivity index (χ1) is 9.46. The minimum Gasteiger partial charge on any atom is -0.493 e. The van der Waals surface area contributed by atoms with Gasteiger partial charge in [-0.3, -0.25) is 0 Å². The molecule has 0 radical (unpaired) electrons. The van der Waals surface area contributed by atoms with E-state index in [1.54, 1.807) is 0 Å². The molecule has 1 rings (SSSR count). The number of nitrogens with zero attached hydrogens (tertiary/aromatic N) is 1. The molecule has 0 fully saturated rings. The van der Waals surface area contributed by atoms with Gasteiger partial charge in [0.05, 0.1) is 18.1 Å². The Morgan fingerprint density at radius 2 is 2.05 bits per heavy atom. The van der Waals surface area contributed by atoms with Crippen molar-refractivity contribution in [3.8, 4) is 11.8 Å². The van der Waals surface area contributed by atoms with Crippen molar-refractivity contribution in [2.45, 2.75) is 39.5 Å². The largest absolute Gasteiger partial charge is 0.493 e. The summed E-state index contributed by atoms with van der Waals surface area (Å²) in [6, 6.07) is 6.97. The highest BCUT2D eigenvalue weighted by Crippen LogP contribution is 2.22. The van der Waals surface area contributed by atoms with E-state index in [0.717, 1.165) is 24.8 Å². The first kappa shape index (κ1) is 16.5. The average molecular weight is 278 g/mol. The summed E-state index contributed by atoms with van der Waals surface area (Å²) in [4.78, 5) is 0. The van der Waals surface area contributed by atoms with Crippen LogP contribution in [0.3, 0.4) is 0 Å². The number of ether oxygens (including phenoxy) is 1. The van der Waals surface area contributed by atoms with Gasteiger partial charge in [-0.1, -0.05) is 0 Å². The van der Waals surface area contributed by atoms with E-state index in [1.165, 1.54) is 12.1 Å². The summed E-state index contributed by atoms with van der Waals surface area (Å²) in [5.41, 5.74) is 6.03. The Morgan fingerprint density at radius 1 is 1.30 bits per heavy atom. The molecule has 4 heteroatoms. The lowest BCUT2D eigenvalue weighted by atomic mass is 9.89. The standard InChI is InChI=1S/C16H23FN2O/c1-16(2,12-19)6-3-4-8-20-15-10-13(5-7-18)9-14(17)11-15/h9-11H,3-8,18H2,1-2H3. The highest BCUT2D eigenvalue weighted by atomic mass is 19.1. The minimum atomic E-state index is -0.295. The van der Waals surface area contributed by atoms with Gasteiger partial charge >= 0.3 is 0 Å². The number of hydrogen-bond donors (Lipinski definition) is 1. The third-order valence-electron chi connectivity index (χ3n) is 3.13. The molecule has 0 bridgehead atoms. The molecule has 0 aliphatic heterocycles. The molecule has 0 heterocycles. The van der Waals surface area contributed by atoms with E-state index in [4.69, 9.17) is 15.7 Å². The molecule has 0 aliphatic carbocycles. The number of halogens is 1. The Bertz CT molecular complexity index is 466. The van der Waals surface area contributed by atoms with Gasteiger partial charge in [0.2, 0.25) is 0 Å². The average Bonchev–Trinajstić information content (AvgIpc) is 2.38. The SMILES string of the molecule is CC(C)(C#N)CCCCOc1cc(F)cc(CCN)c1. The van der Waals surface area contributed by atoms with Crippen molar-refractivity contribution in [1.82, 2.24) is 0 Å². The molecule has 0 saturated heterocycles. The maximum Gasteiger partial charge on any atom is 0.127 e. The summed E-state index contributed by atoms with van der Waals surface area (Å²) in [5.74, 6) is 0.254. The quantitative estimate of drug-likeness (QED) is 0.741. The van der Waals surface area contributed by atoms with Crippen molar-refractivity contribution in [3.05, 3.63) is 29.6 Å². The molecule has 3 nitrogen and oxygen atoms in total. The van der Waals surface area contributed by atoms with Crippen LogP contribution >= 0.6 is 0 Å². The maximum atomic E-state index is 13.4. The van der Waals surface area contributed by atoms with Crippen LogP contribution in [0, 0.1) is 22.6 Å². The van der Waals surface area contributed by atoms with E-state index in [0.29, 0.717) is 25.3 Å². The fraction of sp³-hybridized carbons (Fsp3) is 0.562. The van der Waals surface area contributed by atoms with Gasteiger partial charge in [0, 0.05) is 6.07 Å². The Hall–Kier alpha value is -1.60. The van der Waals surface area contributed by atoms with Crippen LogP contribution in [0.25, 0.3) is 0 Å². The molecule has 0 spiro atoms. The van der Waals surface area contributed by atoms with Crippen molar-refractivity contribution < 1.29 is 9.13 Å². The zero-order valence-electron chi connectivity index (χ0n) is 12.3. The van der Waals surface area contributed by atoms with Gasteiger partial charge < -0.3 is 10.5 Å². The Morgan fingerprint density at radius 3 is 2.70 bits per heavy atom. The van der Waals surface area contributed by atoms with Crippen LogP contribution in [0.5, 0.6) is 5.75 Å². The number of benzene rings is 1. The molecule has 0 unspecified atom stereocenters. The number of rotatable bonds is 8. The molecule has 0 saturated carbocycles. The van der Waals surface area contributed by atoms with Gasteiger partial charge in [-0.25, -0.2) is 4.39 Å². The van der Waals surface area contributed by atoms with Crippen LogP contribution in [0.2, 0.25) is 0 Å². The summed E-state index contributed by atoms with van der Waals surface area (Å²) < 4.78 is 18.9. The molecule has 1 aromatic rings. The molecular formula is C16H23FN2O. The molecule has 1 aromatic carbocycles. The predicted octanol–water partition coefficient (Wildman–Crippen LogP) is 3.43. The zero-order valence-corrected chi connectivity index (χ0v) is 12.3. The highest BCUT2D eigenvalue weighted by molar-refractivity contribution is 5.29. The van der Waals surface area contributed by atoms with E-state index < -0.39 is 0 Å². The van der Waals surface area contributed by atoms with Crippen LogP contribution < -0.4 is 10.5 Å². The van der Waals surface area contributed by atoms with E-state index in [2.05, 4.69) is 6.07 Å². The minimum absolute atomic E-state index is 0.285. The number of nitrogens with two attached hydrogens (primary N) is 1. The normalized spacial score (nSPS) is 11.2. The maximum absolute atomic E-state index is 13.4. The number of nitriles is 1. The molecule has 0 aromatic heterocycles. The lowest BCUT2D eigenvalue weighted by Gasteiger charge is -2.14. The van der Waals surface area contributed by atoms with Crippen molar-refractivity contribution in [3.63, 3.8) is 0 Å². The van der Waals surface area contributed by atoms with Gasteiger partial charge in [-0.05, 0) is 63.8 Å². The van der Waals surface area contributed by atoms with Gasteiger partial charge in [-0.15, -0.1) is 0 Å². The third-order valence-corrected chi connectivity index (χ3v) is 3.13. The second-order valence-electron chi connectivity index (χ2n) is 5.64. The van der Waals surface area contributed by atoms with Crippen LogP contribution in [0.4, 0.5) is 4.39 Å². The lowest BCUT2D eigenvalue weighted by Crippen LogP contribution is -2.08. The molecular weight excluding hydrogens is 255 g/mol. The first-order valence-electron chi connectivity index (χ1n) is 7.00. The van der Waals surface area contributed by atoms with Crippen LogP contribution in [0.15, 0.2) is 18.2 Å². The topological polar surface area (TPSA) is 59.0 Å². The fourth-order valence-corrected chi connectivity index (χ4v) is 1.93. The Balaban J connectivity index is 2.37. The first-order valence-corrected chi connectivity index (χ1v) is 7.00. The molecule has 110 valence electrons. The smallest absolute Gasteiger partial charge is 0.127 e. The number of unbranched alkanes of at least 4 members (excludes halogenated alkanes) is 1. The van der Waals surface area contributed by atoms with Crippen molar-refractivity contribution in [1.29, 1.82) is 5.26 Å².